The summed E-state index contributed by atoms with van der Waals surface area (Å²) < 4.78 is 61.3. The molecule has 0 radical (unpaired) electrons. The number of nitrogens with zero attached hydrogens (tertiary/aromatic N) is 3. The first-order chi connectivity index (χ1) is 20.7. The van der Waals surface area contributed by atoms with Gasteiger partial charge in [-0.05, 0) is 57.5 Å². The van der Waals surface area contributed by atoms with Gasteiger partial charge in [-0.1, -0.05) is 24.3 Å². The number of ether oxygens (including phenoxy) is 4. The van der Waals surface area contributed by atoms with E-state index < -0.39 is 29.8 Å². The molecule has 0 aliphatic carbocycles. The molecule has 2 aromatic carbocycles. The minimum absolute atomic E-state index is 0.111. The smallest absolute Gasteiger partial charge is 0.471 e. The molecule has 0 saturated carbocycles. The Bertz CT molecular complexity index is 1460. The summed E-state index contributed by atoms with van der Waals surface area (Å²) >= 11 is 0. The molecule has 238 valence electrons. The number of hydrogen-bond donors (Lipinski definition) is 2. The quantitative estimate of drug-likeness (QED) is 0.305. The highest BCUT2D eigenvalue weighted by Crippen LogP contribution is 2.31. The summed E-state index contributed by atoms with van der Waals surface area (Å²) in [7, 11) is 1.46. The number of benzene rings is 2. The number of hydrogen-bond acceptors (Lipinski definition) is 7. The topological polar surface area (TPSA) is 116 Å². The van der Waals surface area contributed by atoms with Gasteiger partial charge < -0.3 is 29.2 Å². The number of carbonyl (C=O) groups excluding carboxylic acids is 2. The predicted molar refractivity (Wildman–Crippen MR) is 155 cm³/mol. The number of anilines is 1. The summed E-state index contributed by atoms with van der Waals surface area (Å²) in [6.07, 6.45) is -5.12. The Labute approximate surface area is 253 Å². The van der Waals surface area contributed by atoms with E-state index in [2.05, 4.69) is 20.5 Å². The first-order valence-corrected chi connectivity index (χ1v) is 13.9. The average molecular weight is 620 g/mol. The average Bonchev–Trinajstić information content (AvgIpc) is 3.53. The maximum Gasteiger partial charge on any atom is 0.573 e. The molecule has 11 nitrogen and oxygen atoms in total. The Morgan fingerprint density at radius 2 is 1.82 bits per heavy atom. The molecule has 3 amide bonds. The van der Waals surface area contributed by atoms with Crippen molar-refractivity contribution in [3.05, 3.63) is 65.2 Å². The van der Waals surface area contributed by atoms with Gasteiger partial charge in [0.05, 0.1) is 24.4 Å². The number of alkyl halides is 3. The second-order valence-corrected chi connectivity index (χ2v) is 11.2. The molecule has 0 spiro atoms. The van der Waals surface area contributed by atoms with E-state index >= 15 is 0 Å². The van der Waals surface area contributed by atoms with E-state index in [4.69, 9.17) is 14.2 Å². The van der Waals surface area contributed by atoms with E-state index in [-0.39, 0.29) is 30.7 Å². The van der Waals surface area contributed by atoms with Crippen molar-refractivity contribution in [1.29, 1.82) is 0 Å². The molecule has 2 N–H and O–H groups in total. The van der Waals surface area contributed by atoms with Gasteiger partial charge in [-0.3, -0.25) is 5.32 Å². The molecular weight excluding hydrogens is 583 g/mol. The minimum Gasteiger partial charge on any atom is -0.471 e. The lowest BCUT2D eigenvalue weighted by atomic mass is 10.1. The van der Waals surface area contributed by atoms with Crippen LogP contribution in [0.4, 0.5) is 28.6 Å². The molecule has 0 bridgehead atoms. The van der Waals surface area contributed by atoms with Crippen LogP contribution in [0.3, 0.4) is 0 Å². The Kier molecular flexibility index (Phi) is 9.92. The SMILES string of the molecule is COCc1ccc(OC(F)(F)F)c(CNC(=O)Nc2c(C)c(O[C@@H]3CCN(C(=O)OC(C)(C)C)C3)nn2-c2ccccc2)c1. The van der Waals surface area contributed by atoms with Crippen LogP contribution in [0.15, 0.2) is 48.5 Å². The number of aromatic nitrogens is 2. The van der Waals surface area contributed by atoms with Gasteiger partial charge in [0.1, 0.15) is 23.3 Å². The lowest BCUT2D eigenvalue weighted by Crippen LogP contribution is -2.36. The molecule has 4 rings (SSSR count). The van der Waals surface area contributed by atoms with Gasteiger partial charge in [0.25, 0.3) is 0 Å². The molecule has 1 saturated heterocycles. The van der Waals surface area contributed by atoms with Crippen molar-refractivity contribution in [3.8, 4) is 17.3 Å². The van der Waals surface area contributed by atoms with Gasteiger partial charge in [0.2, 0.25) is 5.88 Å². The van der Waals surface area contributed by atoms with Crippen LogP contribution in [-0.4, -0.2) is 65.1 Å². The van der Waals surface area contributed by atoms with E-state index in [1.165, 1.54) is 30.0 Å². The molecule has 1 fully saturated rings. The van der Waals surface area contributed by atoms with E-state index in [1.54, 1.807) is 44.7 Å². The Hall–Kier alpha value is -4.46. The van der Waals surface area contributed by atoms with Crippen LogP contribution in [0.25, 0.3) is 5.69 Å². The van der Waals surface area contributed by atoms with Crippen molar-refractivity contribution in [2.45, 2.75) is 65.3 Å². The highest BCUT2D eigenvalue weighted by Gasteiger charge is 2.33. The second-order valence-electron chi connectivity index (χ2n) is 11.2. The second kappa shape index (κ2) is 13.5. The summed E-state index contributed by atoms with van der Waals surface area (Å²) in [4.78, 5) is 27.1. The molecular formula is C30H36F3N5O6. The normalized spacial score (nSPS) is 15.2. The van der Waals surface area contributed by atoms with Crippen molar-refractivity contribution < 1.29 is 41.7 Å². The van der Waals surface area contributed by atoms with Gasteiger partial charge >= 0.3 is 18.5 Å². The third kappa shape index (κ3) is 8.78. The molecule has 1 aromatic heterocycles. The van der Waals surface area contributed by atoms with Gasteiger partial charge in [0.15, 0.2) is 0 Å². The number of amides is 3. The third-order valence-corrected chi connectivity index (χ3v) is 6.49. The number of halogens is 3. The van der Waals surface area contributed by atoms with Gasteiger partial charge in [-0.25, -0.2) is 14.3 Å². The maximum atomic E-state index is 13.1. The summed E-state index contributed by atoms with van der Waals surface area (Å²) in [6.45, 7) is 7.78. The number of carbonyl (C=O) groups is 2. The molecule has 14 heteroatoms. The van der Waals surface area contributed by atoms with Crippen LogP contribution >= 0.6 is 0 Å². The summed E-state index contributed by atoms with van der Waals surface area (Å²) in [5.74, 6) is 0.120. The number of para-hydroxylation sites is 1. The van der Waals surface area contributed by atoms with E-state index in [0.29, 0.717) is 42.1 Å². The number of nitrogens with one attached hydrogen (secondary N) is 2. The van der Waals surface area contributed by atoms with Crippen LogP contribution in [0.5, 0.6) is 11.6 Å². The van der Waals surface area contributed by atoms with Crippen molar-refractivity contribution in [1.82, 2.24) is 20.0 Å². The first-order valence-electron chi connectivity index (χ1n) is 13.9. The zero-order chi connectivity index (χ0) is 32.1. The third-order valence-electron chi connectivity index (χ3n) is 6.49. The Morgan fingerprint density at radius 1 is 1.09 bits per heavy atom. The van der Waals surface area contributed by atoms with E-state index in [1.807, 2.05) is 18.2 Å². The van der Waals surface area contributed by atoms with Crippen LogP contribution in [0.2, 0.25) is 0 Å². The van der Waals surface area contributed by atoms with Crippen LogP contribution < -0.4 is 20.1 Å². The highest BCUT2D eigenvalue weighted by atomic mass is 19.4. The molecule has 3 aromatic rings. The highest BCUT2D eigenvalue weighted by molar-refractivity contribution is 5.89. The van der Waals surface area contributed by atoms with Gasteiger partial charge in [0, 0.05) is 32.2 Å². The van der Waals surface area contributed by atoms with Crippen molar-refractivity contribution in [2.75, 3.05) is 25.5 Å². The maximum absolute atomic E-state index is 13.1. The molecule has 1 aliphatic heterocycles. The predicted octanol–water partition coefficient (Wildman–Crippen LogP) is 5.94. The standard InChI is InChI=1S/C30H36F3N5O6/c1-19-25(35-27(39)34-16-21-15-20(18-41-5)11-12-24(21)43-30(31,32)33)38(22-9-7-6-8-10-22)36-26(19)42-23-13-14-37(17-23)28(40)44-29(2,3)4/h6-12,15,23H,13-14,16-18H2,1-5H3,(H2,34,35,39)/t23-/m1/s1. The zero-order valence-corrected chi connectivity index (χ0v) is 25.2. The van der Waals surface area contributed by atoms with Crippen LogP contribution in [0, 0.1) is 6.92 Å². The fourth-order valence-electron chi connectivity index (χ4n) is 4.54. The largest absolute Gasteiger partial charge is 0.573 e. The molecule has 2 heterocycles. The van der Waals surface area contributed by atoms with Crippen molar-refractivity contribution >= 4 is 17.9 Å². The fraction of sp³-hybridized carbons (Fsp3) is 0.433. The van der Waals surface area contributed by atoms with Crippen molar-refractivity contribution in [3.63, 3.8) is 0 Å². The summed E-state index contributed by atoms with van der Waals surface area (Å²) in [5.41, 5.74) is 1.25. The number of likely N-dealkylation sites (tertiary alicyclic amines) is 1. The van der Waals surface area contributed by atoms with E-state index in [0.717, 1.165) is 0 Å². The molecule has 44 heavy (non-hydrogen) atoms. The molecule has 1 atom stereocenters. The van der Waals surface area contributed by atoms with Gasteiger partial charge in [-0.2, -0.15) is 0 Å². The molecule has 1 aliphatic rings. The lowest BCUT2D eigenvalue weighted by molar-refractivity contribution is -0.274. The first kappa shape index (κ1) is 32.5. The summed E-state index contributed by atoms with van der Waals surface area (Å²) in [6, 6.07) is 12.4. The summed E-state index contributed by atoms with van der Waals surface area (Å²) in [5, 5.41) is 9.93. The van der Waals surface area contributed by atoms with E-state index in [9.17, 15) is 22.8 Å². The van der Waals surface area contributed by atoms with Crippen LogP contribution in [0.1, 0.15) is 43.9 Å². The monoisotopic (exact) mass is 619 g/mol. The minimum atomic E-state index is -4.90. The number of urea groups is 1. The van der Waals surface area contributed by atoms with Crippen LogP contribution in [-0.2, 0) is 22.6 Å². The van der Waals surface area contributed by atoms with Gasteiger partial charge in [-0.15, -0.1) is 18.3 Å². The number of rotatable bonds is 9. The van der Waals surface area contributed by atoms with Crippen molar-refractivity contribution in [2.24, 2.45) is 0 Å². The Morgan fingerprint density at radius 3 is 2.48 bits per heavy atom. The zero-order valence-electron chi connectivity index (χ0n) is 25.2. The fourth-order valence-corrected chi connectivity index (χ4v) is 4.54. The molecule has 0 unspecified atom stereocenters. The Balaban J connectivity index is 1.51. The lowest BCUT2D eigenvalue weighted by Gasteiger charge is -2.24. The number of methoxy groups -OCH3 is 1.